The van der Waals surface area contributed by atoms with Crippen LogP contribution in [-0.4, -0.2) is 45.5 Å². The normalized spacial score (nSPS) is 19.1. The van der Waals surface area contributed by atoms with E-state index in [1.807, 2.05) is 71.6 Å². The van der Waals surface area contributed by atoms with E-state index >= 15 is 0 Å². The molecule has 186 valence electrons. The second-order valence-electron chi connectivity index (χ2n) is 9.45. The minimum absolute atomic E-state index is 0.178. The third-order valence-electron chi connectivity index (χ3n) is 6.46. The fraction of sp³-hybridized carbons (Fsp3) is 0.345. The van der Waals surface area contributed by atoms with Gasteiger partial charge in [-0.25, -0.2) is 4.68 Å². The van der Waals surface area contributed by atoms with Gasteiger partial charge in [0.05, 0.1) is 17.2 Å². The van der Waals surface area contributed by atoms with Crippen molar-refractivity contribution in [1.29, 1.82) is 0 Å². The topological polar surface area (TPSA) is 59.7 Å². The van der Waals surface area contributed by atoms with Crippen LogP contribution in [0, 0.1) is 5.92 Å². The van der Waals surface area contributed by atoms with Gasteiger partial charge in [0.2, 0.25) is 0 Å². The SMILES string of the molecule is CCCCOc1cccc(-c2nn(-c3ccccc3)cc2C=C2SC(N3CCCC(C)C3)=NC2=O)c1. The number of thioether (sulfide) groups is 1. The number of aliphatic imine (C=N–C) groups is 1. The molecule has 3 aromatic rings. The van der Waals surface area contributed by atoms with Crippen molar-refractivity contribution in [3.05, 3.63) is 71.3 Å². The Morgan fingerprint density at radius 2 is 2.03 bits per heavy atom. The number of ether oxygens (including phenoxy) is 1. The number of nitrogens with zero attached hydrogens (tertiary/aromatic N) is 4. The lowest BCUT2D eigenvalue weighted by atomic mass is 10.0. The van der Waals surface area contributed by atoms with E-state index in [1.165, 1.54) is 18.2 Å². The van der Waals surface area contributed by atoms with Crippen LogP contribution >= 0.6 is 11.8 Å². The summed E-state index contributed by atoms with van der Waals surface area (Å²) in [5.41, 5.74) is 3.60. The summed E-state index contributed by atoms with van der Waals surface area (Å²) in [6, 6.07) is 18.0. The van der Waals surface area contributed by atoms with Gasteiger partial charge in [-0.1, -0.05) is 50.6 Å². The molecule has 0 aliphatic carbocycles. The minimum atomic E-state index is -0.178. The smallest absolute Gasteiger partial charge is 0.286 e. The molecule has 7 heteroatoms. The van der Waals surface area contributed by atoms with Crippen LogP contribution in [0.4, 0.5) is 0 Å². The molecular formula is C29H32N4O2S. The maximum atomic E-state index is 12.9. The Balaban J connectivity index is 1.47. The lowest BCUT2D eigenvalue weighted by molar-refractivity contribution is -0.113. The Kier molecular flexibility index (Phi) is 7.56. The van der Waals surface area contributed by atoms with E-state index in [4.69, 9.17) is 9.84 Å². The molecule has 2 aliphatic heterocycles. The predicted molar refractivity (Wildman–Crippen MR) is 147 cm³/mol. The van der Waals surface area contributed by atoms with Crippen LogP contribution < -0.4 is 4.74 Å². The average molecular weight is 501 g/mol. The first kappa shape index (κ1) is 24.4. The summed E-state index contributed by atoms with van der Waals surface area (Å²) in [5.74, 6) is 1.26. The molecule has 1 aromatic heterocycles. The first-order chi connectivity index (χ1) is 17.6. The van der Waals surface area contributed by atoms with E-state index in [2.05, 4.69) is 23.7 Å². The number of para-hydroxylation sites is 1. The fourth-order valence-corrected chi connectivity index (χ4v) is 5.47. The molecule has 1 unspecified atom stereocenters. The second-order valence-corrected chi connectivity index (χ2v) is 10.5. The number of amides is 1. The summed E-state index contributed by atoms with van der Waals surface area (Å²) in [4.78, 5) is 20.2. The van der Waals surface area contributed by atoms with Gasteiger partial charge in [-0.05, 0) is 67.3 Å². The first-order valence-corrected chi connectivity index (χ1v) is 13.6. The second kappa shape index (κ2) is 11.2. The van der Waals surface area contributed by atoms with Crippen LogP contribution in [0.25, 0.3) is 23.0 Å². The lowest BCUT2D eigenvalue weighted by Gasteiger charge is -2.31. The summed E-state index contributed by atoms with van der Waals surface area (Å²) < 4.78 is 7.81. The van der Waals surface area contributed by atoms with Crippen LogP contribution in [0.2, 0.25) is 0 Å². The Morgan fingerprint density at radius 1 is 1.17 bits per heavy atom. The highest BCUT2D eigenvalue weighted by atomic mass is 32.2. The molecule has 0 spiro atoms. The molecule has 36 heavy (non-hydrogen) atoms. The monoisotopic (exact) mass is 500 g/mol. The van der Waals surface area contributed by atoms with Crippen molar-refractivity contribution < 1.29 is 9.53 Å². The molecule has 1 saturated heterocycles. The molecule has 1 atom stereocenters. The van der Waals surface area contributed by atoms with E-state index in [-0.39, 0.29) is 5.91 Å². The van der Waals surface area contributed by atoms with E-state index in [0.717, 1.165) is 65.8 Å². The van der Waals surface area contributed by atoms with E-state index < -0.39 is 0 Å². The van der Waals surface area contributed by atoms with Crippen molar-refractivity contribution >= 4 is 28.9 Å². The number of aromatic nitrogens is 2. The summed E-state index contributed by atoms with van der Waals surface area (Å²) in [7, 11) is 0. The molecule has 0 bridgehead atoms. The van der Waals surface area contributed by atoms with Gasteiger partial charge in [0, 0.05) is 30.4 Å². The zero-order valence-corrected chi connectivity index (χ0v) is 21.7. The molecule has 0 saturated carbocycles. The number of piperidine rings is 1. The molecule has 6 nitrogen and oxygen atoms in total. The van der Waals surface area contributed by atoms with Crippen LogP contribution in [-0.2, 0) is 4.79 Å². The zero-order valence-electron chi connectivity index (χ0n) is 20.9. The Labute approximate surface area is 217 Å². The Bertz CT molecular complexity index is 1280. The van der Waals surface area contributed by atoms with Gasteiger partial charge in [0.25, 0.3) is 5.91 Å². The lowest BCUT2D eigenvalue weighted by Crippen LogP contribution is -2.37. The summed E-state index contributed by atoms with van der Waals surface area (Å²) in [5, 5.41) is 5.74. The number of rotatable bonds is 7. The molecule has 1 amide bonds. The summed E-state index contributed by atoms with van der Waals surface area (Å²) >= 11 is 1.47. The number of benzene rings is 2. The average Bonchev–Trinajstić information content (AvgIpc) is 3.49. The third-order valence-corrected chi connectivity index (χ3v) is 7.51. The van der Waals surface area contributed by atoms with Gasteiger partial charge in [0.1, 0.15) is 11.4 Å². The molecule has 5 rings (SSSR count). The number of carbonyl (C=O) groups is 1. The predicted octanol–water partition coefficient (Wildman–Crippen LogP) is 6.42. The van der Waals surface area contributed by atoms with Crippen molar-refractivity contribution in [2.24, 2.45) is 10.9 Å². The number of carbonyl (C=O) groups excluding carboxylic acids is 1. The van der Waals surface area contributed by atoms with Gasteiger partial charge in [-0.15, -0.1) is 0 Å². The van der Waals surface area contributed by atoms with Crippen LogP contribution in [0.1, 0.15) is 45.1 Å². The van der Waals surface area contributed by atoms with Crippen LogP contribution in [0.3, 0.4) is 0 Å². The van der Waals surface area contributed by atoms with Crippen molar-refractivity contribution in [3.8, 4) is 22.7 Å². The molecule has 1 fully saturated rings. The molecule has 2 aliphatic rings. The summed E-state index contributed by atoms with van der Waals surface area (Å²) in [6.45, 7) is 7.01. The summed E-state index contributed by atoms with van der Waals surface area (Å²) in [6.07, 6.45) is 8.39. The van der Waals surface area contributed by atoms with Crippen molar-refractivity contribution in [3.63, 3.8) is 0 Å². The minimum Gasteiger partial charge on any atom is -0.494 e. The first-order valence-electron chi connectivity index (χ1n) is 12.8. The highest BCUT2D eigenvalue weighted by Crippen LogP contribution is 2.35. The van der Waals surface area contributed by atoms with E-state index in [9.17, 15) is 4.79 Å². The fourth-order valence-electron chi connectivity index (χ4n) is 4.54. The van der Waals surface area contributed by atoms with E-state index in [0.29, 0.717) is 17.4 Å². The number of likely N-dealkylation sites (tertiary alicyclic amines) is 1. The number of unbranched alkanes of at least 4 members (excludes halogenated alkanes) is 1. The van der Waals surface area contributed by atoms with Crippen molar-refractivity contribution in [2.45, 2.75) is 39.5 Å². The maximum absolute atomic E-state index is 12.9. The highest BCUT2D eigenvalue weighted by Gasteiger charge is 2.29. The number of amidine groups is 1. The maximum Gasteiger partial charge on any atom is 0.286 e. The molecule has 0 radical (unpaired) electrons. The third kappa shape index (κ3) is 5.57. The molecule has 0 N–H and O–H groups in total. The Hall–Kier alpha value is -3.32. The number of hydrogen-bond donors (Lipinski definition) is 0. The van der Waals surface area contributed by atoms with Gasteiger partial charge in [-0.2, -0.15) is 10.1 Å². The van der Waals surface area contributed by atoms with Gasteiger partial charge in [-0.3, -0.25) is 4.79 Å². The standard InChI is InChI=1S/C29H32N4O2S/c1-3-4-16-35-25-14-8-11-22(17-25)27-23(20-33(31-27)24-12-6-5-7-13-24)18-26-28(34)30-29(36-26)32-15-9-10-21(2)19-32/h5-8,11-14,17-18,20-21H,3-4,9-10,15-16,19H2,1-2H3. The quantitative estimate of drug-likeness (QED) is 0.277. The Morgan fingerprint density at radius 3 is 2.83 bits per heavy atom. The number of hydrogen-bond acceptors (Lipinski definition) is 5. The van der Waals surface area contributed by atoms with Crippen LogP contribution in [0.5, 0.6) is 5.75 Å². The van der Waals surface area contributed by atoms with Gasteiger partial charge >= 0.3 is 0 Å². The van der Waals surface area contributed by atoms with Gasteiger partial charge in [0.15, 0.2) is 5.17 Å². The largest absolute Gasteiger partial charge is 0.494 e. The molecule has 3 heterocycles. The van der Waals surface area contributed by atoms with Crippen molar-refractivity contribution in [1.82, 2.24) is 14.7 Å². The zero-order chi connectivity index (χ0) is 24.9. The van der Waals surface area contributed by atoms with Crippen LogP contribution in [0.15, 0.2) is 70.7 Å². The molecule has 2 aromatic carbocycles. The van der Waals surface area contributed by atoms with E-state index in [1.54, 1.807) is 0 Å². The molecular weight excluding hydrogens is 468 g/mol. The van der Waals surface area contributed by atoms with Crippen molar-refractivity contribution in [2.75, 3.05) is 19.7 Å². The van der Waals surface area contributed by atoms with Gasteiger partial charge < -0.3 is 9.64 Å². The highest BCUT2D eigenvalue weighted by molar-refractivity contribution is 8.18.